The van der Waals surface area contributed by atoms with Gasteiger partial charge in [0, 0.05) is 17.7 Å². The molecule has 5 rings (SSSR count). The molecule has 1 N–H and O–H groups in total. The van der Waals surface area contributed by atoms with Gasteiger partial charge in [0.25, 0.3) is 11.7 Å². The zero-order valence-corrected chi connectivity index (χ0v) is 19.3. The Labute approximate surface area is 198 Å². The average Bonchev–Trinajstić information content (AvgIpc) is 3.41. The topological polar surface area (TPSA) is 76.1 Å². The van der Waals surface area contributed by atoms with E-state index in [0.29, 0.717) is 29.2 Å². The van der Waals surface area contributed by atoms with Crippen LogP contribution in [0.25, 0.3) is 5.76 Å². The van der Waals surface area contributed by atoms with Crippen molar-refractivity contribution in [3.8, 4) is 11.5 Å². The van der Waals surface area contributed by atoms with Crippen molar-refractivity contribution in [3.05, 3.63) is 94.1 Å². The highest BCUT2D eigenvalue weighted by molar-refractivity contribution is 6.51. The molecule has 1 fully saturated rings. The van der Waals surface area contributed by atoms with E-state index in [-0.39, 0.29) is 11.3 Å². The molecule has 2 aliphatic heterocycles. The van der Waals surface area contributed by atoms with Crippen molar-refractivity contribution < 1.29 is 24.2 Å². The first-order valence-corrected chi connectivity index (χ1v) is 11.2. The van der Waals surface area contributed by atoms with Crippen LogP contribution < -0.4 is 14.4 Å². The Hall–Kier alpha value is -4.06. The van der Waals surface area contributed by atoms with E-state index in [1.54, 1.807) is 31.4 Å². The standard InChI is InChI=1S/C28H25NO5/c1-16-7-9-22(17(2)13-16)29-25(19-5-4-6-21(15-19)33-3)24(27(31)28(29)32)26(30)20-8-10-23-18(14-20)11-12-34-23/h4-10,13-15,25,30H,11-12H2,1-3H3/b26-24-. The Bertz CT molecular complexity index is 1360. The number of hydrogen-bond acceptors (Lipinski definition) is 5. The highest BCUT2D eigenvalue weighted by Gasteiger charge is 2.47. The minimum absolute atomic E-state index is 0.0529. The number of nitrogens with zero attached hydrogens (tertiary/aromatic N) is 1. The maximum Gasteiger partial charge on any atom is 0.300 e. The summed E-state index contributed by atoms with van der Waals surface area (Å²) in [6, 6.07) is 17.5. The van der Waals surface area contributed by atoms with Gasteiger partial charge in [-0.05, 0) is 66.9 Å². The summed E-state index contributed by atoms with van der Waals surface area (Å²) in [6.07, 6.45) is 0.729. The number of fused-ring (bicyclic) bond motifs is 1. The van der Waals surface area contributed by atoms with Crippen molar-refractivity contribution in [1.29, 1.82) is 0 Å². The van der Waals surface area contributed by atoms with Crippen LogP contribution in [0.2, 0.25) is 0 Å². The van der Waals surface area contributed by atoms with Gasteiger partial charge in [0.05, 0.1) is 25.3 Å². The first-order chi connectivity index (χ1) is 16.4. The van der Waals surface area contributed by atoms with Crippen LogP contribution in [-0.2, 0) is 16.0 Å². The van der Waals surface area contributed by atoms with Crippen molar-refractivity contribution in [3.63, 3.8) is 0 Å². The smallest absolute Gasteiger partial charge is 0.300 e. The zero-order chi connectivity index (χ0) is 24.0. The molecule has 1 saturated heterocycles. The Morgan fingerprint density at radius 2 is 1.88 bits per heavy atom. The van der Waals surface area contributed by atoms with Crippen LogP contribution in [0.4, 0.5) is 5.69 Å². The highest BCUT2D eigenvalue weighted by atomic mass is 16.5. The van der Waals surface area contributed by atoms with Gasteiger partial charge < -0.3 is 14.6 Å². The number of amides is 1. The van der Waals surface area contributed by atoms with E-state index in [9.17, 15) is 14.7 Å². The van der Waals surface area contributed by atoms with Gasteiger partial charge in [0.15, 0.2) is 0 Å². The monoisotopic (exact) mass is 455 g/mol. The Balaban J connectivity index is 1.73. The molecule has 0 saturated carbocycles. The summed E-state index contributed by atoms with van der Waals surface area (Å²) in [4.78, 5) is 28.3. The van der Waals surface area contributed by atoms with Crippen molar-refractivity contribution in [2.45, 2.75) is 26.3 Å². The van der Waals surface area contributed by atoms with Crippen molar-refractivity contribution in [2.24, 2.45) is 0 Å². The summed E-state index contributed by atoms with van der Waals surface area (Å²) in [5, 5.41) is 11.4. The van der Waals surface area contributed by atoms with Gasteiger partial charge in [-0.2, -0.15) is 0 Å². The molecule has 0 aromatic heterocycles. The zero-order valence-electron chi connectivity index (χ0n) is 19.3. The Morgan fingerprint density at radius 1 is 1.06 bits per heavy atom. The van der Waals surface area contributed by atoms with Crippen molar-refractivity contribution in [1.82, 2.24) is 0 Å². The number of benzene rings is 3. The number of carbonyl (C=O) groups is 2. The minimum atomic E-state index is -0.805. The van der Waals surface area contributed by atoms with Gasteiger partial charge in [-0.15, -0.1) is 0 Å². The second-order valence-electron chi connectivity index (χ2n) is 8.66. The maximum atomic E-state index is 13.4. The van der Waals surface area contributed by atoms with Gasteiger partial charge in [-0.25, -0.2) is 0 Å². The lowest BCUT2D eigenvalue weighted by Crippen LogP contribution is -2.30. The van der Waals surface area contributed by atoms with Crippen LogP contribution in [0.1, 0.15) is 33.9 Å². The molecule has 2 heterocycles. The number of anilines is 1. The lowest BCUT2D eigenvalue weighted by atomic mass is 9.94. The molecule has 172 valence electrons. The summed E-state index contributed by atoms with van der Waals surface area (Å²) in [7, 11) is 1.56. The number of rotatable bonds is 4. The first-order valence-electron chi connectivity index (χ1n) is 11.2. The van der Waals surface area contributed by atoms with Crippen LogP contribution >= 0.6 is 0 Å². The molecule has 6 heteroatoms. The van der Waals surface area contributed by atoms with Crippen LogP contribution in [-0.4, -0.2) is 30.5 Å². The molecule has 1 amide bonds. The molecule has 0 aliphatic carbocycles. The van der Waals surface area contributed by atoms with Crippen LogP contribution in [0.3, 0.4) is 0 Å². The van der Waals surface area contributed by atoms with E-state index in [2.05, 4.69) is 0 Å². The van der Waals surface area contributed by atoms with E-state index < -0.39 is 17.7 Å². The third-order valence-electron chi connectivity index (χ3n) is 6.43. The molecule has 1 unspecified atom stereocenters. The minimum Gasteiger partial charge on any atom is -0.507 e. The second-order valence-corrected chi connectivity index (χ2v) is 8.66. The first kappa shape index (κ1) is 21.8. The highest BCUT2D eigenvalue weighted by Crippen LogP contribution is 2.44. The second kappa shape index (κ2) is 8.37. The van der Waals surface area contributed by atoms with E-state index in [0.717, 1.165) is 28.9 Å². The fourth-order valence-electron chi connectivity index (χ4n) is 4.77. The number of carbonyl (C=O) groups excluding carboxylic acids is 2. The predicted octanol–water partition coefficient (Wildman–Crippen LogP) is 4.87. The summed E-state index contributed by atoms with van der Waals surface area (Å²) in [5.74, 6) is -0.226. The largest absolute Gasteiger partial charge is 0.507 e. The van der Waals surface area contributed by atoms with Gasteiger partial charge in [0.1, 0.15) is 17.3 Å². The SMILES string of the molecule is COc1cccc(C2/C(=C(/O)c3ccc4c(c3)CCO4)C(=O)C(=O)N2c2ccc(C)cc2C)c1. The molecule has 2 aliphatic rings. The number of ether oxygens (including phenoxy) is 2. The number of aryl methyl sites for hydroxylation is 2. The lowest BCUT2D eigenvalue weighted by Gasteiger charge is -2.27. The predicted molar refractivity (Wildman–Crippen MR) is 129 cm³/mol. The number of methoxy groups -OCH3 is 1. The summed E-state index contributed by atoms with van der Waals surface area (Å²) in [6.45, 7) is 4.47. The van der Waals surface area contributed by atoms with Gasteiger partial charge >= 0.3 is 0 Å². The van der Waals surface area contributed by atoms with E-state index >= 15 is 0 Å². The van der Waals surface area contributed by atoms with E-state index in [1.165, 1.54) is 4.90 Å². The summed E-state index contributed by atoms with van der Waals surface area (Å²) in [5.41, 5.74) is 4.71. The van der Waals surface area contributed by atoms with E-state index in [1.807, 2.05) is 50.2 Å². The van der Waals surface area contributed by atoms with Crippen LogP contribution in [0.15, 0.2) is 66.2 Å². The van der Waals surface area contributed by atoms with Gasteiger partial charge in [0.2, 0.25) is 0 Å². The fourth-order valence-corrected chi connectivity index (χ4v) is 4.77. The quantitative estimate of drug-likeness (QED) is 0.345. The third-order valence-corrected chi connectivity index (χ3v) is 6.43. The van der Waals surface area contributed by atoms with Crippen LogP contribution in [0.5, 0.6) is 11.5 Å². The maximum absolute atomic E-state index is 13.4. The molecular weight excluding hydrogens is 430 g/mol. The molecule has 0 spiro atoms. The summed E-state index contributed by atoms with van der Waals surface area (Å²) >= 11 is 0. The lowest BCUT2D eigenvalue weighted by molar-refractivity contribution is -0.132. The number of Topliss-reactive ketones (excluding diaryl/α,β-unsaturated/α-hetero) is 1. The van der Waals surface area contributed by atoms with E-state index in [4.69, 9.17) is 9.47 Å². The molecule has 6 nitrogen and oxygen atoms in total. The molecule has 0 bridgehead atoms. The van der Waals surface area contributed by atoms with Crippen LogP contribution in [0, 0.1) is 13.8 Å². The average molecular weight is 456 g/mol. The molecule has 3 aromatic rings. The van der Waals surface area contributed by atoms with Gasteiger partial charge in [-0.1, -0.05) is 29.8 Å². The molecular formula is C28H25NO5. The Morgan fingerprint density at radius 3 is 2.65 bits per heavy atom. The van der Waals surface area contributed by atoms with Gasteiger partial charge in [-0.3, -0.25) is 14.5 Å². The molecule has 3 aromatic carbocycles. The number of aliphatic hydroxyl groups is 1. The molecule has 0 radical (unpaired) electrons. The number of aliphatic hydroxyl groups excluding tert-OH is 1. The number of ketones is 1. The third kappa shape index (κ3) is 3.52. The molecule has 1 atom stereocenters. The molecule has 34 heavy (non-hydrogen) atoms. The Kier molecular flexibility index (Phi) is 5.36. The van der Waals surface area contributed by atoms with Crippen molar-refractivity contribution in [2.75, 3.05) is 18.6 Å². The normalized spacial score (nSPS) is 18.7. The summed E-state index contributed by atoms with van der Waals surface area (Å²) < 4.78 is 11.0. The fraction of sp³-hybridized carbons (Fsp3) is 0.214. The van der Waals surface area contributed by atoms with Crippen molar-refractivity contribution >= 4 is 23.1 Å². The number of hydrogen-bond donors (Lipinski definition) is 1.